The summed E-state index contributed by atoms with van der Waals surface area (Å²) in [6.07, 6.45) is 1.34. The number of ether oxygens (including phenoxy) is 1. The van der Waals surface area contributed by atoms with Crippen LogP contribution in [0.15, 0.2) is 47.1 Å². The lowest BCUT2D eigenvalue weighted by atomic mass is 9.75. The fraction of sp³-hybridized carbons (Fsp3) is 0.300. The molecule has 0 unspecified atom stereocenters. The van der Waals surface area contributed by atoms with E-state index >= 15 is 0 Å². The number of carbonyl (C=O) groups is 2. The van der Waals surface area contributed by atoms with Crippen LogP contribution in [0.5, 0.6) is 0 Å². The number of hydrogen-bond donors (Lipinski definition) is 1. The number of nitro groups is 1. The number of benzene rings is 1. The van der Waals surface area contributed by atoms with Crippen LogP contribution in [0.4, 0.5) is 5.69 Å². The molecule has 1 heterocycles. The number of esters is 1. The van der Waals surface area contributed by atoms with Gasteiger partial charge in [-0.15, -0.1) is 0 Å². The summed E-state index contributed by atoms with van der Waals surface area (Å²) in [4.78, 5) is 36.2. The molecule has 3 atom stereocenters. The predicted molar refractivity (Wildman–Crippen MR) is 102 cm³/mol. The van der Waals surface area contributed by atoms with Crippen molar-refractivity contribution in [3.05, 3.63) is 64.1 Å². The predicted octanol–water partition coefficient (Wildman–Crippen LogP) is 3.51. The van der Waals surface area contributed by atoms with Crippen molar-refractivity contribution in [2.24, 2.45) is 11.8 Å². The van der Waals surface area contributed by atoms with Gasteiger partial charge in [0.2, 0.25) is 0 Å². The van der Waals surface area contributed by atoms with Crippen molar-refractivity contribution in [3.63, 3.8) is 0 Å². The largest absolute Gasteiger partial charge is 0.469 e. The summed E-state index contributed by atoms with van der Waals surface area (Å²) in [5, 5.41) is 28.4. The molecule has 0 fully saturated rings. The molecule has 0 radical (unpaired) electrons. The van der Waals surface area contributed by atoms with Gasteiger partial charge in [0, 0.05) is 23.4 Å². The highest BCUT2D eigenvalue weighted by molar-refractivity contribution is 6.10. The first kappa shape index (κ1) is 21.5. The van der Waals surface area contributed by atoms with Crippen LogP contribution in [0.25, 0.3) is 0 Å². The van der Waals surface area contributed by atoms with E-state index in [9.17, 15) is 25.0 Å². The number of carbonyl (C=O) groups excluding carboxylic acids is 2. The summed E-state index contributed by atoms with van der Waals surface area (Å²) in [5.41, 5.74) is -0.203. The lowest BCUT2D eigenvalue weighted by Gasteiger charge is -2.26. The Bertz CT molecular complexity index is 944. The normalized spacial score (nSPS) is 13.6. The molecule has 1 aromatic carbocycles. The molecule has 0 saturated heterocycles. The van der Waals surface area contributed by atoms with Crippen LogP contribution >= 0.6 is 0 Å². The van der Waals surface area contributed by atoms with Crippen molar-refractivity contribution in [1.29, 1.82) is 10.7 Å². The fourth-order valence-electron chi connectivity index (χ4n) is 3.02. The van der Waals surface area contributed by atoms with E-state index in [0.717, 1.165) is 12.1 Å². The van der Waals surface area contributed by atoms with E-state index in [2.05, 4.69) is 0 Å². The number of nitro benzene ring substituents is 1. The number of furan rings is 1. The van der Waals surface area contributed by atoms with Crippen molar-refractivity contribution < 1.29 is 23.7 Å². The van der Waals surface area contributed by atoms with Crippen molar-refractivity contribution in [2.45, 2.75) is 19.8 Å². The molecular formula is C20H19N3O6. The molecule has 0 aliphatic rings. The van der Waals surface area contributed by atoms with Gasteiger partial charge in [-0.2, -0.15) is 5.26 Å². The SMILES string of the molecule is CCOC(=O)[C@H](C(=O)c1ccc([N+](=O)[O-])cc1)[C@H](c1ccco1)[C@H](C#N)C(C)=N. The number of nitrogens with one attached hydrogen (secondary N) is 1. The van der Waals surface area contributed by atoms with E-state index in [0.29, 0.717) is 0 Å². The molecule has 1 N–H and O–H groups in total. The van der Waals surface area contributed by atoms with Gasteiger partial charge in [0.25, 0.3) is 5.69 Å². The minimum Gasteiger partial charge on any atom is -0.469 e. The Hall–Kier alpha value is -3.80. The Balaban J connectivity index is 2.58. The highest BCUT2D eigenvalue weighted by atomic mass is 16.6. The van der Waals surface area contributed by atoms with Gasteiger partial charge in [-0.05, 0) is 38.1 Å². The van der Waals surface area contributed by atoms with Crippen LogP contribution in [-0.2, 0) is 9.53 Å². The number of nitriles is 1. The monoisotopic (exact) mass is 397 g/mol. The molecule has 2 rings (SSSR count). The summed E-state index contributed by atoms with van der Waals surface area (Å²) >= 11 is 0. The van der Waals surface area contributed by atoms with Gasteiger partial charge in [-0.3, -0.25) is 19.7 Å². The van der Waals surface area contributed by atoms with Crippen molar-refractivity contribution >= 4 is 23.2 Å². The van der Waals surface area contributed by atoms with Crippen LogP contribution in [0, 0.1) is 38.7 Å². The Kier molecular flexibility index (Phi) is 6.98. The van der Waals surface area contributed by atoms with E-state index in [1.165, 1.54) is 31.4 Å². The second-order valence-electron chi connectivity index (χ2n) is 6.23. The van der Waals surface area contributed by atoms with Crippen molar-refractivity contribution in [2.75, 3.05) is 6.61 Å². The van der Waals surface area contributed by atoms with Gasteiger partial charge < -0.3 is 14.6 Å². The minimum absolute atomic E-state index is 0.00847. The zero-order valence-corrected chi connectivity index (χ0v) is 15.8. The number of rotatable bonds is 9. The fourth-order valence-corrected chi connectivity index (χ4v) is 3.02. The van der Waals surface area contributed by atoms with E-state index in [1.54, 1.807) is 13.0 Å². The van der Waals surface area contributed by atoms with Gasteiger partial charge in [0.05, 0.1) is 35.7 Å². The molecule has 29 heavy (non-hydrogen) atoms. The molecular weight excluding hydrogens is 378 g/mol. The number of hydrogen-bond acceptors (Lipinski definition) is 8. The molecule has 0 amide bonds. The maximum Gasteiger partial charge on any atom is 0.317 e. The third kappa shape index (κ3) is 4.73. The molecule has 9 nitrogen and oxygen atoms in total. The highest BCUT2D eigenvalue weighted by Crippen LogP contribution is 2.36. The Morgan fingerprint density at radius 3 is 2.41 bits per heavy atom. The van der Waals surface area contributed by atoms with Crippen LogP contribution in [-0.4, -0.2) is 29.0 Å². The molecule has 0 aliphatic heterocycles. The van der Waals surface area contributed by atoms with Gasteiger partial charge in [-0.25, -0.2) is 0 Å². The number of non-ortho nitro benzene ring substituents is 1. The van der Waals surface area contributed by atoms with Crippen LogP contribution in [0.1, 0.15) is 35.9 Å². The highest BCUT2D eigenvalue weighted by Gasteiger charge is 2.44. The van der Waals surface area contributed by atoms with Crippen molar-refractivity contribution in [1.82, 2.24) is 0 Å². The summed E-state index contributed by atoms with van der Waals surface area (Å²) in [6, 6.07) is 9.82. The maximum atomic E-state index is 13.2. The lowest BCUT2D eigenvalue weighted by Crippen LogP contribution is -2.37. The summed E-state index contributed by atoms with van der Waals surface area (Å²) in [6.45, 7) is 2.99. The molecule has 0 saturated carbocycles. The van der Waals surface area contributed by atoms with Crippen LogP contribution < -0.4 is 0 Å². The second-order valence-corrected chi connectivity index (χ2v) is 6.23. The second kappa shape index (κ2) is 9.41. The Morgan fingerprint density at radius 1 is 1.31 bits per heavy atom. The third-order valence-corrected chi connectivity index (χ3v) is 4.38. The molecule has 0 bridgehead atoms. The van der Waals surface area contributed by atoms with Gasteiger partial charge in [0.1, 0.15) is 11.7 Å². The van der Waals surface area contributed by atoms with Crippen molar-refractivity contribution in [3.8, 4) is 6.07 Å². The van der Waals surface area contributed by atoms with Gasteiger partial charge in [-0.1, -0.05) is 0 Å². The topological polar surface area (TPSA) is 147 Å². The molecule has 9 heteroatoms. The van der Waals surface area contributed by atoms with E-state index in [4.69, 9.17) is 14.6 Å². The first-order chi connectivity index (χ1) is 13.8. The van der Waals surface area contributed by atoms with E-state index < -0.39 is 34.4 Å². The quantitative estimate of drug-likeness (QED) is 0.170. The average molecular weight is 397 g/mol. The number of nitrogens with zero attached hydrogens (tertiary/aromatic N) is 2. The number of Topliss-reactive ketones (excluding diaryl/α,β-unsaturated/α-hetero) is 1. The first-order valence-electron chi connectivity index (χ1n) is 8.75. The zero-order chi connectivity index (χ0) is 21.6. The molecule has 1 aromatic heterocycles. The summed E-state index contributed by atoms with van der Waals surface area (Å²) < 4.78 is 10.4. The summed E-state index contributed by atoms with van der Waals surface area (Å²) in [5.74, 6) is -5.02. The Labute approximate surface area is 166 Å². The molecule has 0 aliphatic carbocycles. The third-order valence-electron chi connectivity index (χ3n) is 4.38. The van der Waals surface area contributed by atoms with Gasteiger partial charge in [0.15, 0.2) is 5.78 Å². The zero-order valence-electron chi connectivity index (χ0n) is 15.8. The molecule has 0 spiro atoms. The van der Waals surface area contributed by atoms with Crippen LogP contribution in [0.3, 0.4) is 0 Å². The maximum absolute atomic E-state index is 13.2. The minimum atomic E-state index is -1.47. The smallest absolute Gasteiger partial charge is 0.317 e. The lowest BCUT2D eigenvalue weighted by molar-refractivity contribution is -0.384. The summed E-state index contributed by atoms with van der Waals surface area (Å²) in [7, 11) is 0. The van der Waals surface area contributed by atoms with E-state index in [-0.39, 0.29) is 29.3 Å². The molecule has 150 valence electrons. The van der Waals surface area contributed by atoms with Crippen LogP contribution in [0.2, 0.25) is 0 Å². The Morgan fingerprint density at radius 2 is 1.97 bits per heavy atom. The standard InChI is InChI=1S/C20H19N3O6/c1-3-28-20(25)18(19(24)13-6-8-14(9-7-13)23(26)27)17(15(11-21)12(2)22)16-5-4-10-29-16/h4-10,15,17-18,22H,3H2,1-2H3/t15-,17+,18+/m1/s1. The molecule has 2 aromatic rings. The number of ketones is 1. The first-order valence-corrected chi connectivity index (χ1v) is 8.75. The van der Waals surface area contributed by atoms with Gasteiger partial charge >= 0.3 is 5.97 Å². The van der Waals surface area contributed by atoms with E-state index in [1.807, 2.05) is 6.07 Å². The average Bonchev–Trinajstić information content (AvgIpc) is 3.22.